The van der Waals surface area contributed by atoms with Crippen LogP contribution in [-0.2, 0) is 4.79 Å². The van der Waals surface area contributed by atoms with Crippen LogP contribution >= 0.6 is 23.2 Å². The number of hydrogen-bond acceptors (Lipinski definition) is 2. The number of anilines is 1. The summed E-state index contributed by atoms with van der Waals surface area (Å²) in [5.41, 5.74) is 0.803. The lowest BCUT2D eigenvalue weighted by molar-refractivity contribution is -0.122. The van der Waals surface area contributed by atoms with E-state index in [9.17, 15) is 14.0 Å². The molecule has 0 atom stereocenters. The molecule has 2 aromatic rings. The van der Waals surface area contributed by atoms with E-state index in [0.717, 1.165) is 12.8 Å². The van der Waals surface area contributed by atoms with Gasteiger partial charge in [-0.15, -0.1) is 0 Å². The fourth-order valence-corrected chi connectivity index (χ4v) is 3.05. The molecule has 2 amide bonds. The van der Waals surface area contributed by atoms with E-state index in [1.54, 1.807) is 12.1 Å². The van der Waals surface area contributed by atoms with Crippen LogP contribution in [0.15, 0.2) is 42.5 Å². The number of nitrogens with one attached hydrogen (secondary N) is 1. The van der Waals surface area contributed by atoms with E-state index >= 15 is 0 Å². The average Bonchev–Trinajstić information content (AvgIpc) is 3.44. The monoisotopic (exact) mass is 394 g/mol. The second-order valence-electron chi connectivity index (χ2n) is 6.12. The molecule has 7 heteroatoms. The predicted molar refractivity (Wildman–Crippen MR) is 100 cm³/mol. The van der Waals surface area contributed by atoms with Crippen molar-refractivity contribution >= 4 is 40.7 Å². The van der Waals surface area contributed by atoms with Gasteiger partial charge in [0.25, 0.3) is 5.91 Å². The smallest absolute Gasteiger partial charge is 0.259 e. The van der Waals surface area contributed by atoms with Crippen LogP contribution in [-0.4, -0.2) is 24.9 Å². The maximum atomic E-state index is 13.2. The summed E-state index contributed by atoms with van der Waals surface area (Å²) in [6.07, 6.45) is 1.82. The van der Waals surface area contributed by atoms with Crippen LogP contribution in [0.5, 0.6) is 0 Å². The first-order valence-electron chi connectivity index (χ1n) is 8.26. The van der Waals surface area contributed by atoms with Crippen LogP contribution in [0, 0.1) is 11.7 Å². The van der Waals surface area contributed by atoms with Gasteiger partial charge >= 0.3 is 0 Å². The molecular formula is C19H17Cl2FN2O2. The molecule has 1 aliphatic carbocycles. The van der Waals surface area contributed by atoms with E-state index in [4.69, 9.17) is 23.2 Å². The van der Waals surface area contributed by atoms with E-state index in [1.807, 2.05) is 0 Å². The highest BCUT2D eigenvalue weighted by atomic mass is 35.5. The molecule has 0 saturated heterocycles. The van der Waals surface area contributed by atoms with Crippen molar-refractivity contribution in [3.8, 4) is 0 Å². The fraction of sp³-hybridized carbons (Fsp3) is 0.263. The fourth-order valence-electron chi connectivity index (χ4n) is 2.56. The Labute approximate surface area is 160 Å². The molecule has 2 aromatic carbocycles. The van der Waals surface area contributed by atoms with Gasteiger partial charge in [-0.05, 0) is 55.3 Å². The van der Waals surface area contributed by atoms with E-state index in [2.05, 4.69) is 5.32 Å². The van der Waals surface area contributed by atoms with Crippen LogP contribution in [0.3, 0.4) is 0 Å². The lowest BCUT2D eigenvalue weighted by atomic mass is 10.1. The number of carbonyl (C=O) groups excluding carboxylic acids is 2. The summed E-state index contributed by atoms with van der Waals surface area (Å²) in [5.74, 6) is -0.650. The zero-order chi connectivity index (χ0) is 18.7. The molecule has 0 heterocycles. The van der Waals surface area contributed by atoms with Gasteiger partial charge in [-0.25, -0.2) is 4.39 Å². The van der Waals surface area contributed by atoms with Crippen molar-refractivity contribution in [1.29, 1.82) is 0 Å². The number of hydrogen-bond donors (Lipinski definition) is 1. The van der Waals surface area contributed by atoms with Crippen LogP contribution in [0.1, 0.15) is 23.2 Å². The molecular weight excluding hydrogens is 378 g/mol. The first kappa shape index (κ1) is 18.7. The maximum absolute atomic E-state index is 13.2. The Kier molecular flexibility index (Phi) is 5.79. The third-order valence-electron chi connectivity index (χ3n) is 4.13. The highest BCUT2D eigenvalue weighted by molar-refractivity contribution is 6.37. The van der Waals surface area contributed by atoms with Gasteiger partial charge in [0.05, 0.1) is 10.6 Å². The molecule has 1 saturated carbocycles. The lowest BCUT2D eigenvalue weighted by Crippen LogP contribution is -2.39. The largest absolute Gasteiger partial charge is 0.354 e. The number of benzene rings is 2. The van der Waals surface area contributed by atoms with Crippen molar-refractivity contribution in [2.75, 3.05) is 18.0 Å². The second-order valence-corrected chi connectivity index (χ2v) is 6.97. The molecule has 26 heavy (non-hydrogen) atoms. The van der Waals surface area contributed by atoms with Gasteiger partial charge in [0.1, 0.15) is 5.82 Å². The summed E-state index contributed by atoms with van der Waals surface area (Å²) in [4.78, 5) is 26.2. The zero-order valence-corrected chi connectivity index (χ0v) is 15.4. The normalized spacial score (nSPS) is 13.3. The molecule has 0 bridgehead atoms. The topological polar surface area (TPSA) is 49.4 Å². The highest BCUT2D eigenvalue weighted by Crippen LogP contribution is 2.29. The van der Waals surface area contributed by atoms with Gasteiger partial charge in [-0.1, -0.05) is 23.2 Å². The van der Waals surface area contributed by atoms with Gasteiger partial charge in [0.15, 0.2) is 0 Å². The van der Waals surface area contributed by atoms with Gasteiger partial charge in [0.2, 0.25) is 5.91 Å². The van der Waals surface area contributed by atoms with E-state index in [1.165, 1.54) is 35.2 Å². The third kappa shape index (κ3) is 4.54. The van der Waals surface area contributed by atoms with E-state index < -0.39 is 5.82 Å². The number of amides is 2. The van der Waals surface area contributed by atoms with Crippen LogP contribution in [0.25, 0.3) is 0 Å². The molecule has 0 unspecified atom stereocenters. The summed E-state index contributed by atoms with van der Waals surface area (Å²) >= 11 is 12.0. The SMILES string of the molecule is O=C(NCCN(C(=O)c1ccc(Cl)cc1Cl)c1ccc(F)cc1)C1CC1. The second kappa shape index (κ2) is 8.06. The van der Waals surface area contributed by atoms with Gasteiger partial charge in [-0.3, -0.25) is 9.59 Å². The van der Waals surface area contributed by atoms with Crippen LogP contribution < -0.4 is 10.2 Å². The molecule has 0 radical (unpaired) electrons. The summed E-state index contributed by atoms with van der Waals surface area (Å²) in [5, 5.41) is 3.49. The quantitative estimate of drug-likeness (QED) is 0.793. The summed E-state index contributed by atoms with van der Waals surface area (Å²) < 4.78 is 13.2. The van der Waals surface area contributed by atoms with Crippen molar-refractivity contribution in [3.63, 3.8) is 0 Å². The van der Waals surface area contributed by atoms with Gasteiger partial charge < -0.3 is 10.2 Å². The number of halogens is 3. The van der Waals surface area contributed by atoms with Crippen LogP contribution in [0.4, 0.5) is 10.1 Å². The minimum atomic E-state index is -0.396. The minimum absolute atomic E-state index is 0.000954. The molecule has 0 aliphatic heterocycles. The molecule has 3 rings (SSSR count). The number of nitrogens with zero attached hydrogens (tertiary/aromatic N) is 1. The van der Waals surface area contributed by atoms with Crippen molar-refractivity contribution in [1.82, 2.24) is 5.32 Å². The molecule has 1 fully saturated rings. The minimum Gasteiger partial charge on any atom is -0.354 e. The van der Waals surface area contributed by atoms with Gasteiger partial charge in [-0.2, -0.15) is 0 Å². The Morgan fingerprint density at radius 2 is 1.81 bits per heavy atom. The van der Waals surface area contributed by atoms with Crippen molar-refractivity contribution in [3.05, 3.63) is 63.9 Å². The Hall–Kier alpha value is -2.11. The standard InChI is InChI=1S/C19H17Cl2FN2O2/c20-13-3-8-16(17(21)11-13)19(26)24(15-6-4-14(22)5-7-15)10-9-23-18(25)12-1-2-12/h3-8,11-12H,1-2,9-10H2,(H,23,25). The third-order valence-corrected chi connectivity index (χ3v) is 4.68. The molecule has 1 aliphatic rings. The predicted octanol–water partition coefficient (Wildman–Crippen LogP) is 4.31. The summed E-state index contributed by atoms with van der Waals surface area (Å²) in [7, 11) is 0. The molecule has 4 nitrogen and oxygen atoms in total. The number of carbonyl (C=O) groups is 2. The van der Waals surface area contributed by atoms with Crippen molar-refractivity contribution < 1.29 is 14.0 Å². The molecule has 1 N–H and O–H groups in total. The average molecular weight is 395 g/mol. The Balaban J connectivity index is 1.80. The van der Waals surface area contributed by atoms with Gasteiger partial charge in [0, 0.05) is 29.7 Å². The number of rotatable bonds is 6. The van der Waals surface area contributed by atoms with Crippen molar-refractivity contribution in [2.45, 2.75) is 12.8 Å². The maximum Gasteiger partial charge on any atom is 0.259 e. The van der Waals surface area contributed by atoms with Crippen molar-refractivity contribution in [2.24, 2.45) is 5.92 Å². The van der Waals surface area contributed by atoms with Crippen LogP contribution in [0.2, 0.25) is 10.0 Å². The Morgan fingerprint density at radius 3 is 2.42 bits per heavy atom. The molecule has 136 valence electrons. The highest BCUT2D eigenvalue weighted by Gasteiger charge is 2.29. The Morgan fingerprint density at radius 1 is 1.12 bits per heavy atom. The summed E-state index contributed by atoms with van der Waals surface area (Å²) in [6.45, 7) is 0.533. The van der Waals surface area contributed by atoms with E-state index in [0.29, 0.717) is 17.3 Å². The first-order chi connectivity index (χ1) is 12.5. The molecule has 0 spiro atoms. The summed E-state index contributed by atoms with van der Waals surface area (Å²) in [6, 6.07) is 10.2. The first-order valence-corrected chi connectivity index (χ1v) is 9.01. The lowest BCUT2D eigenvalue weighted by Gasteiger charge is -2.24. The zero-order valence-electron chi connectivity index (χ0n) is 13.8. The van der Waals surface area contributed by atoms with E-state index in [-0.39, 0.29) is 34.9 Å². The Bertz CT molecular complexity index is 823. The molecule has 0 aromatic heterocycles.